The summed E-state index contributed by atoms with van der Waals surface area (Å²) in [4.78, 5) is 1.16. The summed E-state index contributed by atoms with van der Waals surface area (Å²) < 4.78 is 31.9. The molecule has 2 aromatic heterocycles. The lowest BCUT2D eigenvalue weighted by Gasteiger charge is -2.04. The lowest BCUT2D eigenvalue weighted by Crippen LogP contribution is -2.27. The summed E-state index contributed by atoms with van der Waals surface area (Å²) in [6.07, 6.45) is 0.691. The standard InChI is InChI=1S/C14H14N2O3S2/c17-21(18,15-8-7-11-4-3-9-20-11)10-13-12-5-1-2-6-14(12)19-16-13/h1-6,9,15H,7-8,10H2. The quantitative estimate of drug-likeness (QED) is 0.757. The van der Waals surface area contributed by atoms with Crippen molar-refractivity contribution in [3.8, 4) is 0 Å². The maximum atomic E-state index is 12.1. The molecule has 0 bridgehead atoms. The Labute approximate surface area is 126 Å². The van der Waals surface area contributed by atoms with Crippen LogP contribution in [-0.2, 0) is 22.2 Å². The number of para-hydroxylation sites is 1. The highest BCUT2D eigenvalue weighted by atomic mass is 32.2. The predicted octanol–water partition coefficient (Wildman–Crippen LogP) is 2.55. The smallest absolute Gasteiger partial charge is 0.217 e. The number of benzene rings is 1. The van der Waals surface area contributed by atoms with Crippen molar-refractivity contribution < 1.29 is 12.9 Å². The van der Waals surface area contributed by atoms with Gasteiger partial charge >= 0.3 is 0 Å². The number of rotatable bonds is 6. The molecule has 5 nitrogen and oxygen atoms in total. The van der Waals surface area contributed by atoms with Crippen LogP contribution >= 0.6 is 11.3 Å². The van der Waals surface area contributed by atoms with Crippen molar-refractivity contribution in [1.29, 1.82) is 0 Å². The maximum absolute atomic E-state index is 12.1. The van der Waals surface area contributed by atoms with Gasteiger partial charge in [-0.05, 0) is 30.0 Å². The predicted molar refractivity (Wildman–Crippen MR) is 82.7 cm³/mol. The third-order valence-electron chi connectivity index (χ3n) is 3.05. The number of nitrogens with zero attached hydrogens (tertiary/aromatic N) is 1. The van der Waals surface area contributed by atoms with Gasteiger partial charge in [0.15, 0.2) is 5.58 Å². The molecular formula is C14H14N2O3S2. The van der Waals surface area contributed by atoms with Crippen LogP contribution in [0.1, 0.15) is 10.6 Å². The van der Waals surface area contributed by atoms with Crippen molar-refractivity contribution in [3.63, 3.8) is 0 Å². The highest BCUT2D eigenvalue weighted by Gasteiger charge is 2.16. The second kappa shape index (κ2) is 5.97. The lowest BCUT2D eigenvalue weighted by molar-refractivity contribution is 0.448. The van der Waals surface area contributed by atoms with Gasteiger partial charge < -0.3 is 4.52 Å². The molecule has 3 aromatic rings. The van der Waals surface area contributed by atoms with Gasteiger partial charge in [0.1, 0.15) is 11.4 Å². The molecule has 0 aliphatic carbocycles. The molecule has 0 spiro atoms. The Morgan fingerprint density at radius 3 is 2.86 bits per heavy atom. The van der Waals surface area contributed by atoms with Crippen LogP contribution in [0.5, 0.6) is 0 Å². The summed E-state index contributed by atoms with van der Waals surface area (Å²) in [5.41, 5.74) is 1.04. The zero-order chi connectivity index (χ0) is 14.7. The molecule has 2 heterocycles. The molecule has 3 rings (SSSR count). The number of aromatic nitrogens is 1. The van der Waals surface area contributed by atoms with Gasteiger partial charge in [0, 0.05) is 16.8 Å². The van der Waals surface area contributed by atoms with E-state index < -0.39 is 10.0 Å². The first kappa shape index (κ1) is 14.2. The van der Waals surface area contributed by atoms with E-state index in [-0.39, 0.29) is 5.75 Å². The molecule has 1 N–H and O–H groups in total. The van der Waals surface area contributed by atoms with E-state index in [4.69, 9.17) is 4.52 Å². The SMILES string of the molecule is O=S(=O)(Cc1noc2ccccc12)NCCc1cccs1. The Hall–Kier alpha value is -1.70. The minimum Gasteiger partial charge on any atom is -0.356 e. The van der Waals surface area contributed by atoms with Gasteiger partial charge in [-0.25, -0.2) is 13.1 Å². The van der Waals surface area contributed by atoms with Crippen LogP contribution in [-0.4, -0.2) is 20.1 Å². The average Bonchev–Trinajstić information content (AvgIpc) is 3.09. The van der Waals surface area contributed by atoms with Crippen molar-refractivity contribution in [3.05, 3.63) is 52.3 Å². The summed E-state index contributed by atoms with van der Waals surface area (Å²) in [6, 6.07) is 11.2. The highest BCUT2D eigenvalue weighted by Crippen LogP contribution is 2.19. The molecule has 0 aliphatic rings. The van der Waals surface area contributed by atoms with Gasteiger partial charge in [-0.15, -0.1) is 11.3 Å². The largest absolute Gasteiger partial charge is 0.356 e. The molecule has 21 heavy (non-hydrogen) atoms. The number of fused-ring (bicyclic) bond motifs is 1. The fourth-order valence-electron chi connectivity index (χ4n) is 2.06. The molecule has 0 aliphatic heterocycles. The second-order valence-electron chi connectivity index (χ2n) is 4.61. The first-order valence-electron chi connectivity index (χ1n) is 6.47. The van der Waals surface area contributed by atoms with E-state index in [1.165, 1.54) is 0 Å². The molecule has 0 fully saturated rings. The zero-order valence-corrected chi connectivity index (χ0v) is 12.8. The molecule has 0 atom stereocenters. The molecule has 0 unspecified atom stereocenters. The van der Waals surface area contributed by atoms with Crippen LogP contribution in [0.25, 0.3) is 11.0 Å². The minimum absolute atomic E-state index is 0.172. The number of sulfonamides is 1. The molecule has 0 saturated carbocycles. The first-order chi connectivity index (χ1) is 10.1. The lowest BCUT2D eigenvalue weighted by atomic mass is 10.2. The molecule has 1 aromatic carbocycles. The van der Waals surface area contributed by atoms with Gasteiger partial charge in [0.05, 0.1) is 0 Å². The van der Waals surface area contributed by atoms with Crippen LogP contribution in [0.2, 0.25) is 0 Å². The Balaban J connectivity index is 1.65. The third kappa shape index (κ3) is 3.49. The summed E-state index contributed by atoms with van der Waals surface area (Å²) in [7, 11) is -3.42. The summed E-state index contributed by atoms with van der Waals surface area (Å²) >= 11 is 1.62. The monoisotopic (exact) mass is 322 g/mol. The van der Waals surface area contributed by atoms with E-state index in [2.05, 4.69) is 9.88 Å². The van der Waals surface area contributed by atoms with E-state index in [1.807, 2.05) is 35.7 Å². The average molecular weight is 322 g/mol. The van der Waals surface area contributed by atoms with E-state index >= 15 is 0 Å². The van der Waals surface area contributed by atoms with Crippen molar-refractivity contribution in [2.75, 3.05) is 6.54 Å². The van der Waals surface area contributed by atoms with Crippen molar-refractivity contribution >= 4 is 32.3 Å². The fraction of sp³-hybridized carbons (Fsp3) is 0.214. The van der Waals surface area contributed by atoms with E-state index in [9.17, 15) is 8.42 Å². The van der Waals surface area contributed by atoms with E-state index in [1.54, 1.807) is 17.4 Å². The Morgan fingerprint density at radius 1 is 1.19 bits per heavy atom. The normalized spacial score (nSPS) is 12.0. The molecule has 0 radical (unpaired) electrons. The molecule has 110 valence electrons. The summed E-state index contributed by atoms with van der Waals surface area (Å²) in [5, 5.41) is 6.56. The van der Waals surface area contributed by atoms with E-state index in [0.717, 1.165) is 10.3 Å². The number of hydrogen-bond acceptors (Lipinski definition) is 5. The second-order valence-corrected chi connectivity index (χ2v) is 7.45. The zero-order valence-electron chi connectivity index (χ0n) is 11.2. The van der Waals surface area contributed by atoms with Crippen LogP contribution in [0.15, 0.2) is 46.3 Å². The van der Waals surface area contributed by atoms with Gasteiger partial charge in [0.25, 0.3) is 0 Å². The maximum Gasteiger partial charge on any atom is 0.217 e. The Kier molecular flexibility index (Phi) is 4.05. The van der Waals surface area contributed by atoms with Crippen LogP contribution in [0, 0.1) is 0 Å². The van der Waals surface area contributed by atoms with Crippen molar-refractivity contribution in [1.82, 2.24) is 9.88 Å². The van der Waals surface area contributed by atoms with Gasteiger partial charge in [0.2, 0.25) is 10.0 Å². The van der Waals surface area contributed by atoms with Gasteiger partial charge in [-0.1, -0.05) is 23.4 Å². The Morgan fingerprint density at radius 2 is 2.05 bits per heavy atom. The Bertz CT molecular complexity index is 823. The molecular weight excluding hydrogens is 308 g/mol. The van der Waals surface area contributed by atoms with Crippen LogP contribution in [0.3, 0.4) is 0 Å². The molecule has 0 amide bonds. The van der Waals surface area contributed by atoms with Crippen molar-refractivity contribution in [2.24, 2.45) is 0 Å². The molecule has 7 heteroatoms. The van der Waals surface area contributed by atoms with E-state index in [0.29, 0.717) is 24.2 Å². The topological polar surface area (TPSA) is 72.2 Å². The summed E-state index contributed by atoms with van der Waals surface area (Å²) in [5.74, 6) is -0.172. The van der Waals surface area contributed by atoms with Crippen LogP contribution in [0.4, 0.5) is 0 Å². The summed E-state index contributed by atoms with van der Waals surface area (Å²) in [6.45, 7) is 0.388. The fourth-order valence-corrected chi connectivity index (χ4v) is 3.85. The highest BCUT2D eigenvalue weighted by molar-refractivity contribution is 7.88. The van der Waals surface area contributed by atoms with Gasteiger partial charge in [-0.3, -0.25) is 0 Å². The number of nitrogens with one attached hydrogen (secondary N) is 1. The first-order valence-corrected chi connectivity index (χ1v) is 9.00. The third-order valence-corrected chi connectivity index (χ3v) is 5.29. The van der Waals surface area contributed by atoms with Gasteiger partial charge in [-0.2, -0.15) is 0 Å². The van der Waals surface area contributed by atoms with Crippen molar-refractivity contribution in [2.45, 2.75) is 12.2 Å². The number of thiophene rings is 1. The molecule has 0 saturated heterocycles. The van der Waals surface area contributed by atoms with Crippen LogP contribution < -0.4 is 4.72 Å². The minimum atomic E-state index is -3.42. The number of hydrogen-bond donors (Lipinski definition) is 1.